The fourth-order valence-corrected chi connectivity index (χ4v) is 4.34. The number of hydrogen-bond donors (Lipinski definition) is 1. The molecule has 1 atom stereocenters. The van der Waals surface area contributed by atoms with Crippen molar-refractivity contribution in [2.24, 2.45) is 7.05 Å². The number of aromatic nitrogens is 2. The Hall–Kier alpha value is -2.18. The Morgan fingerprint density at radius 3 is 2.56 bits per heavy atom. The topological polar surface area (TPSA) is 67.6 Å². The van der Waals surface area contributed by atoms with Crippen LogP contribution in [0.2, 0.25) is 0 Å². The zero-order valence-electron chi connectivity index (χ0n) is 16.0. The Morgan fingerprint density at radius 2 is 1.89 bits per heavy atom. The van der Waals surface area contributed by atoms with Crippen LogP contribution < -0.4 is 0 Å². The summed E-state index contributed by atoms with van der Waals surface area (Å²) in [5.74, 6) is 0.00426. The highest BCUT2D eigenvalue weighted by molar-refractivity contribution is 5.93. The van der Waals surface area contributed by atoms with Crippen LogP contribution in [0, 0.1) is 0 Å². The van der Waals surface area contributed by atoms with E-state index in [0.717, 1.165) is 24.1 Å². The standard InChI is InChI=1S/C21H27N3O3/c1-20(26)10-13-27-21(15-20)8-11-24(12-9-21)19(25)18-14-17(22-23(18)2)16-6-4-3-5-7-16/h3-7,14,26H,8-13,15H2,1-2H3. The number of aryl methyl sites for hydroxylation is 1. The number of likely N-dealkylation sites (tertiary alicyclic amines) is 1. The number of amides is 1. The lowest BCUT2D eigenvalue weighted by Crippen LogP contribution is -2.54. The molecule has 1 aromatic carbocycles. The molecule has 0 bridgehead atoms. The van der Waals surface area contributed by atoms with Crippen LogP contribution in [0.4, 0.5) is 0 Å². The summed E-state index contributed by atoms with van der Waals surface area (Å²) in [6.07, 6.45) is 2.84. The normalized spacial score (nSPS) is 24.9. The summed E-state index contributed by atoms with van der Waals surface area (Å²) in [4.78, 5) is 14.9. The Bertz CT molecular complexity index is 820. The molecule has 1 amide bonds. The highest BCUT2D eigenvalue weighted by Gasteiger charge is 2.45. The molecule has 1 N–H and O–H groups in total. The number of nitrogens with zero attached hydrogens (tertiary/aromatic N) is 3. The van der Waals surface area contributed by atoms with E-state index in [2.05, 4.69) is 5.10 Å². The van der Waals surface area contributed by atoms with E-state index in [1.54, 1.807) is 4.68 Å². The highest BCUT2D eigenvalue weighted by Crippen LogP contribution is 2.39. The molecular formula is C21H27N3O3. The van der Waals surface area contributed by atoms with E-state index < -0.39 is 5.60 Å². The minimum atomic E-state index is -0.670. The molecule has 6 heteroatoms. The highest BCUT2D eigenvalue weighted by atomic mass is 16.5. The van der Waals surface area contributed by atoms with Crippen molar-refractivity contribution < 1.29 is 14.6 Å². The van der Waals surface area contributed by atoms with Crippen LogP contribution in [0.5, 0.6) is 0 Å². The van der Waals surface area contributed by atoms with Gasteiger partial charge in [0.1, 0.15) is 5.69 Å². The third-order valence-electron chi connectivity index (χ3n) is 5.88. The van der Waals surface area contributed by atoms with Crippen molar-refractivity contribution in [3.05, 3.63) is 42.1 Å². The molecule has 0 aliphatic carbocycles. The Balaban J connectivity index is 1.46. The van der Waals surface area contributed by atoms with E-state index in [-0.39, 0.29) is 11.5 Å². The summed E-state index contributed by atoms with van der Waals surface area (Å²) in [5, 5.41) is 14.9. The molecule has 3 heterocycles. The molecule has 2 aromatic rings. The molecule has 1 unspecified atom stereocenters. The zero-order valence-corrected chi connectivity index (χ0v) is 16.0. The van der Waals surface area contributed by atoms with E-state index in [0.29, 0.717) is 38.2 Å². The van der Waals surface area contributed by atoms with Crippen molar-refractivity contribution in [2.75, 3.05) is 19.7 Å². The van der Waals surface area contributed by atoms with Gasteiger partial charge in [-0.05, 0) is 32.3 Å². The number of piperidine rings is 1. The van der Waals surface area contributed by atoms with Crippen LogP contribution in [0.15, 0.2) is 36.4 Å². The first-order valence-corrected chi connectivity index (χ1v) is 9.63. The first-order valence-electron chi connectivity index (χ1n) is 9.63. The summed E-state index contributed by atoms with van der Waals surface area (Å²) < 4.78 is 7.71. The van der Waals surface area contributed by atoms with Crippen molar-refractivity contribution in [1.82, 2.24) is 14.7 Å². The number of rotatable bonds is 2. The van der Waals surface area contributed by atoms with Gasteiger partial charge in [0.05, 0.1) is 23.5 Å². The fraction of sp³-hybridized carbons (Fsp3) is 0.524. The second-order valence-corrected chi connectivity index (χ2v) is 8.15. The van der Waals surface area contributed by atoms with E-state index in [1.165, 1.54) is 0 Å². The maximum Gasteiger partial charge on any atom is 0.272 e. The first kappa shape index (κ1) is 18.2. The molecule has 1 aromatic heterocycles. The van der Waals surface area contributed by atoms with Crippen LogP contribution in [0.3, 0.4) is 0 Å². The average molecular weight is 369 g/mol. The third kappa shape index (κ3) is 3.64. The lowest BCUT2D eigenvalue weighted by molar-refractivity contribution is -0.170. The van der Waals surface area contributed by atoms with Crippen molar-refractivity contribution in [1.29, 1.82) is 0 Å². The number of hydrogen-bond acceptors (Lipinski definition) is 4. The molecule has 4 rings (SSSR count). The summed E-state index contributed by atoms with van der Waals surface area (Å²) in [6, 6.07) is 11.8. The van der Waals surface area contributed by atoms with Crippen LogP contribution >= 0.6 is 0 Å². The number of carbonyl (C=O) groups excluding carboxylic acids is 1. The molecule has 0 saturated carbocycles. The van der Waals surface area contributed by atoms with Gasteiger partial charge in [0.25, 0.3) is 5.91 Å². The molecule has 6 nitrogen and oxygen atoms in total. The lowest BCUT2D eigenvalue weighted by atomic mass is 9.78. The van der Waals surface area contributed by atoms with Gasteiger partial charge in [-0.15, -0.1) is 0 Å². The van der Waals surface area contributed by atoms with Gasteiger partial charge in [-0.1, -0.05) is 30.3 Å². The van der Waals surface area contributed by atoms with Crippen molar-refractivity contribution in [3.8, 4) is 11.3 Å². The van der Waals surface area contributed by atoms with Gasteiger partial charge in [-0.25, -0.2) is 0 Å². The Labute approximate surface area is 159 Å². The van der Waals surface area contributed by atoms with Gasteiger partial charge in [-0.2, -0.15) is 5.10 Å². The largest absolute Gasteiger partial charge is 0.390 e. The predicted octanol–water partition coefficient (Wildman–Crippen LogP) is 2.62. The van der Waals surface area contributed by atoms with Gasteiger partial charge >= 0.3 is 0 Å². The molecule has 2 aliphatic rings. The van der Waals surface area contributed by atoms with Gasteiger partial charge < -0.3 is 14.7 Å². The number of ether oxygens (including phenoxy) is 1. The molecule has 2 fully saturated rings. The lowest BCUT2D eigenvalue weighted by Gasteiger charge is -2.48. The predicted molar refractivity (Wildman–Crippen MR) is 102 cm³/mol. The molecule has 1 spiro atoms. The SMILES string of the molecule is Cn1nc(-c2ccccc2)cc1C(=O)N1CCC2(CC1)CC(C)(O)CCO2. The van der Waals surface area contributed by atoms with Crippen LogP contribution in [0.25, 0.3) is 11.3 Å². The molecule has 2 saturated heterocycles. The Morgan fingerprint density at radius 1 is 1.19 bits per heavy atom. The van der Waals surface area contributed by atoms with E-state index in [1.807, 2.05) is 55.3 Å². The molecule has 144 valence electrons. The van der Waals surface area contributed by atoms with Crippen LogP contribution in [0.1, 0.15) is 43.1 Å². The van der Waals surface area contributed by atoms with E-state index >= 15 is 0 Å². The minimum absolute atomic E-state index is 0.00426. The Kier molecular flexibility index (Phi) is 4.56. The summed E-state index contributed by atoms with van der Waals surface area (Å²) in [7, 11) is 1.81. The maximum absolute atomic E-state index is 13.0. The van der Waals surface area contributed by atoms with Gasteiger partial charge in [0.2, 0.25) is 0 Å². The molecule has 2 aliphatic heterocycles. The second-order valence-electron chi connectivity index (χ2n) is 8.15. The van der Waals surface area contributed by atoms with Gasteiger partial charge in [-0.3, -0.25) is 9.48 Å². The average Bonchev–Trinajstić information content (AvgIpc) is 3.03. The number of benzene rings is 1. The first-order chi connectivity index (χ1) is 12.9. The smallest absolute Gasteiger partial charge is 0.272 e. The quantitative estimate of drug-likeness (QED) is 0.884. The van der Waals surface area contributed by atoms with E-state index in [4.69, 9.17) is 4.74 Å². The van der Waals surface area contributed by atoms with Crippen molar-refractivity contribution >= 4 is 5.91 Å². The van der Waals surface area contributed by atoms with Crippen LogP contribution in [-0.2, 0) is 11.8 Å². The van der Waals surface area contributed by atoms with E-state index in [9.17, 15) is 9.90 Å². The molecular weight excluding hydrogens is 342 g/mol. The monoisotopic (exact) mass is 369 g/mol. The minimum Gasteiger partial charge on any atom is -0.390 e. The van der Waals surface area contributed by atoms with Crippen molar-refractivity contribution in [3.63, 3.8) is 0 Å². The molecule has 27 heavy (non-hydrogen) atoms. The zero-order chi connectivity index (χ0) is 19.1. The van der Waals surface area contributed by atoms with Crippen LogP contribution in [-0.4, -0.2) is 56.6 Å². The maximum atomic E-state index is 13.0. The number of aliphatic hydroxyl groups is 1. The second kappa shape index (κ2) is 6.77. The molecule has 0 radical (unpaired) electrons. The fourth-order valence-electron chi connectivity index (χ4n) is 4.34. The summed E-state index contributed by atoms with van der Waals surface area (Å²) in [5.41, 5.74) is 1.45. The van der Waals surface area contributed by atoms with Crippen molar-refractivity contribution in [2.45, 2.75) is 43.8 Å². The summed E-state index contributed by atoms with van der Waals surface area (Å²) in [6.45, 7) is 3.75. The third-order valence-corrected chi connectivity index (χ3v) is 5.88. The summed E-state index contributed by atoms with van der Waals surface area (Å²) >= 11 is 0. The van der Waals surface area contributed by atoms with Gasteiger partial charge in [0.15, 0.2) is 0 Å². The van der Waals surface area contributed by atoms with Gasteiger partial charge in [0, 0.05) is 32.1 Å². The number of carbonyl (C=O) groups is 1.